The van der Waals surface area contributed by atoms with Crippen LogP contribution in [0.3, 0.4) is 0 Å². The molecule has 0 aliphatic heterocycles. The van der Waals surface area contributed by atoms with Gasteiger partial charge in [0.1, 0.15) is 5.60 Å². The summed E-state index contributed by atoms with van der Waals surface area (Å²) in [4.78, 5) is 22.9. The average molecular weight is 327 g/mol. The van der Waals surface area contributed by atoms with Crippen molar-refractivity contribution in [1.82, 2.24) is 0 Å². The Hall–Kier alpha value is -2.82. The zero-order valence-electron chi connectivity index (χ0n) is 14.2. The maximum Gasteiger partial charge on any atom is 0.412 e. The maximum atomic E-state index is 11.8. The molecule has 0 aliphatic rings. The number of carboxylic acids is 1. The summed E-state index contributed by atoms with van der Waals surface area (Å²) in [7, 11) is 0. The summed E-state index contributed by atoms with van der Waals surface area (Å²) in [6.45, 7) is 7.31. The second kappa shape index (κ2) is 6.74. The fourth-order valence-electron chi connectivity index (χ4n) is 2.31. The molecule has 1 amide bonds. The number of hydrogen-bond donors (Lipinski definition) is 2. The Bertz CT molecular complexity index is 775. The van der Waals surface area contributed by atoms with Gasteiger partial charge in [-0.3, -0.25) is 5.32 Å². The number of hydrogen-bond acceptors (Lipinski definition) is 3. The summed E-state index contributed by atoms with van der Waals surface area (Å²) in [5.74, 6) is -0.960. The van der Waals surface area contributed by atoms with Gasteiger partial charge in [-0.25, -0.2) is 9.59 Å². The van der Waals surface area contributed by atoms with Crippen LogP contribution in [-0.4, -0.2) is 22.8 Å². The molecule has 2 rings (SSSR count). The summed E-state index contributed by atoms with van der Waals surface area (Å²) >= 11 is 0. The fourth-order valence-corrected chi connectivity index (χ4v) is 2.31. The summed E-state index contributed by atoms with van der Waals surface area (Å²) in [6, 6.07) is 12.2. The smallest absolute Gasteiger partial charge is 0.412 e. The zero-order valence-corrected chi connectivity index (χ0v) is 14.2. The highest BCUT2D eigenvalue weighted by atomic mass is 16.6. The van der Waals surface area contributed by atoms with Gasteiger partial charge in [0.15, 0.2) is 0 Å². The van der Waals surface area contributed by atoms with Crippen molar-refractivity contribution in [3.63, 3.8) is 0 Å². The SMILES string of the molecule is Cc1cc(NC(=O)OC(C)(C)C)ccc1-c1cccc(C(=O)O)c1. The maximum absolute atomic E-state index is 11.8. The summed E-state index contributed by atoms with van der Waals surface area (Å²) < 4.78 is 5.22. The summed E-state index contributed by atoms with van der Waals surface area (Å²) in [6.07, 6.45) is -0.512. The molecule has 0 spiro atoms. The molecule has 2 aromatic rings. The predicted molar refractivity (Wildman–Crippen MR) is 93.4 cm³/mol. The number of carbonyl (C=O) groups excluding carboxylic acids is 1. The first-order chi connectivity index (χ1) is 11.2. The molecule has 0 bridgehead atoms. The van der Waals surface area contributed by atoms with Crippen molar-refractivity contribution in [2.75, 3.05) is 5.32 Å². The zero-order chi connectivity index (χ0) is 17.9. The molecule has 5 heteroatoms. The number of benzene rings is 2. The van der Waals surface area contributed by atoms with Gasteiger partial charge in [0.25, 0.3) is 0 Å². The van der Waals surface area contributed by atoms with Crippen molar-refractivity contribution in [3.8, 4) is 11.1 Å². The standard InChI is InChI=1S/C19H21NO4/c1-12-10-15(20-18(23)24-19(2,3)4)8-9-16(12)13-6-5-7-14(11-13)17(21)22/h5-11H,1-4H3,(H,20,23)(H,21,22). The van der Waals surface area contributed by atoms with E-state index in [-0.39, 0.29) is 5.56 Å². The second-order valence-corrected chi connectivity index (χ2v) is 6.54. The molecule has 0 saturated carbocycles. The van der Waals surface area contributed by atoms with Crippen molar-refractivity contribution in [1.29, 1.82) is 0 Å². The first-order valence-corrected chi connectivity index (χ1v) is 7.60. The predicted octanol–water partition coefficient (Wildman–Crippen LogP) is 4.71. The van der Waals surface area contributed by atoms with Crippen molar-refractivity contribution in [2.45, 2.75) is 33.3 Å². The van der Waals surface area contributed by atoms with Crippen LogP contribution in [0.4, 0.5) is 10.5 Å². The van der Waals surface area contributed by atoms with Crippen molar-refractivity contribution in [2.24, 2.45) is 0 Å². The lowest BCUT2D eigenvalue weighted by Crippen LogP contribution is -2.27. The topological polar surface area (TPSA) is 75.6 Å². The van der Waals surface area contributed by atoms with Gasteiger partial charge >= 0.3 is 12.1 Å². The number of amides is 1. The van der Waals surface area contributed by atoms with E-state index in [4.69, 9.17) is 9.84 Å². The molecular weight excluding hydrogens is 306 g/mol. The first kappa shape index (κ1) is 17.5. The lowest BCUT2D eigenvalue weighted by atomic mass is 9.98. The lowest BCUT2D eigenvalue weighted by Gasteiger charge is -2.20. The molecule has 0 aliphatic carbocycles. The third-order valence-corrected chi connectivity index (χ3v) is 3.29. The summed E-state index contributed by atoms with van der Waals surface area (Å²) in [5, 5.41) is 11.8. The van der Waals surface area contributed by atoms with E-state index in [0.717, 1.165) is 16.7 Å². The van der Waals surface area contributed by atoms with E-state index in [0.29, 0.717) is 5.69 Å². The number of anilines is 1. The first-order valence-electron chi connectivity index (χ1n) is 7.60. The number of ether oxygens (including phenoxy) is 1. The Labute approximate surface area is 141 Å². The van der Waals surface area contributed by atoms with Crippen molar-refractivity contribution >= 4 is 17.7 Å². The van der Waals surface area contributed by atoms with Gasteiger partial charge in [-0.2, -0.15) is 0 Å². The van der Waals surface area contributed by atoms with E-state index < -0.39 is 17.7 Å². The Kier molecular flexibility index (Phi) is 4.93. The van der Waals surface area contributed by atoms with Gasteiger partial charge in [0, 0.05) is 5.69 Å². The minimum Gasteiger partial charge on any atom is -0.478 e. The van der Waals surface area contributed by atoms with Crippen molar-refractivity contribution < 1.29 is 19.4 Å². The van der Waals surface area contributed by atoms with E-state index in [2.05, 4.69) is 5.32 Å². The van der Waals surface area contributed by atoms with Crippen LogP contribution in [0, 0.1) is 6.92 Å². The number of aromatic carboxylic acids is 1. The Morgan fingerprint density at radius 1 is 1.08 bits per heavy atom. The van der Waals surface area contributed by atoms with Crippen LogP contribution < -0.4 is 5.32 Å². The van der Waals surface area contributed by atoms with E-state index >= 15 is 0 Å². The van der Waals surface area contributed by atoms with E-state index in [1.54, 1.807) is 45.0 Å². The van der Waals surface area contributed by atoms with Gasteiger partial charge in [-0.15, -0.1) is 0 Å². The molecule has 0 radical (unpaired) electrons. The number of carbonyl (C=O) groups is 2. The molecule has 2 aromatic carbocycles. The number of carboxylic acid groups (broad SMARTS) is 1. The quantitative estimate of drug-likeness (QED) is 0.856. The van der Waals surface area contributed by atoms with Gasteiger partial charge in [0.05, 0.1) is 5.56 Å². The van der Waals surface area contributed by atoms with E-state index in [9.17, 15) is 9.59 Å². The van der Waals surface area contributed by atoms with Crippen LogP contribution in [0.1, 0.15) is 36.7 Å². The van der Waals surface area contributed by atoms with Gasteiger partial charge in [-0.05, 0) is 68.7 Å². The largest absolute Gasteiger partial charge is 0.478 e. The van der Waals surface area contributed by atoms with Gasteiger partial charge in [0.2, 0.25) is 0 Å². The fraction of sp³-hybridized carbons (Fsp3) is 0.263. The normalized spacial score (nSPS) is 11.0. The van der Waals surface area contributed by atoms with Crippen molar-refractivity contribution in [3.05, 3.63) is 53.6 Å². The third kappa shape index (κ3) is 4.59. The van der Waals surface area contributed by atoms with E-state index in [1.807, 2.05) is 25.1 Å². The van der Waals surface area contributed by atoms with Crippen LogP contribution >= 0.6 is 0 Å². The Morgan fingerprint density at radius 3 is 2.38 bits per heavy atom. The molecule has 0 fully saturated rings. The minimum atomic E-state index is -0.960. The molecular formula is C19H21NO4. The molecule has 0 aromatic heterocycles. The van der Waals surface area contributed by atoms with Crippen LogP contribution in [-0.2, 0) is 4.74 Å². The summed E-state index contributed by atoms with van der Waals surface area (Å²) in [5.41, 5.74) is 2.95. The Balaban J connectivity index is 2.23. The molecule has 0 heterocycles. The molecule has 126 valence electrons. The number of rotatable bonds is 3. The molecule has 0 atom stereocenters. The second-order valence-electron chi connectivity index (χ2n) is 6.54. The van der Waals surface area contributed by atoms with Crippen LogP contribution in [0.15, 0.2) is 42.5 Å². The van der Waals surface area contributed by atoms with Crippen LogP contribution in [0.5, 0.6) is 0 Å². The monoisotopic (exact) mass is 327 g/mol. The van der Waals surface area contributed by atoms with Gasteiger partial charge < -0.3 is 9.84 Å². The molecule has 2 N–H and O–H groups in total. The number of nitrogens with one attached hydrogen (secondary N) is 1. The number of aryl methyl sites for hydroxylation is 1. The molecule has 0 saturated heterocycles. The van der Waals surface area contributed by atoms with Crippen LogP contribution in [0.25, 0.3) is 11.1 Å². The highest BCUT2D eigenvalue weighted by Crippen LogP contribution is 2.27. The lowest BCUT2D eigenvalue weighted by molar-refractivity contribution is 0.0634. The minimum absolute atomic E-state index is 0.239. The van der Waals surface area contributed by atoms with E-state index in [1.165, 1.54) is 0 Å². The highest BCUT2D eigenvalue weighted by Gasteiger charge is 2.16. The van der Waals surface area contributed by atoms with Crippen LogP contribution in [0.2, 0.25) is 0 Å². The highest BCUT2D eigenvalue weighted by molar-refractivity contribution is 5.90. The Morgan fingerprint density at radius 2 is 1.79 bits per heavy atom. The molecule has 5 nitrogen and oxygen atoms in total. The molecule has 24 heavy (non-hydrogen) atoms. The third-order valence-electron chi connectivity index (χ3n) is 3.29. The molecule has 0 unspecified atom stereocenters. The van der Waals surface area contributed by atoms with Gasteiger partial charge in [-0.1, -0.05) is 18.2 Å². The average Bonchev–Trinajstić information content (AvgIpc) is 2.45.